The van der Waals surface area contributed by atoms with E-state index in [2.05, 4.69) is 5.32 Å². The Kier molecular flexibility index (Phi) is 3.39. The molecular formula is C7H9F7N2. The smallest absolute Gasteiger partial charge is 0.314 e. The highest BCUT2D eigenvalue weighted by Crippen LogP contribution is 2.47. The average molecular weight is 254 g/mol. The molecule has 0 aromatic carbocycles. The Morgan fingerprint density at radius 1 is 0.875 bits per heavy atom. The average Bonchev–Trinajstić information content (AvgIpc) is 2.17. The predicted octanol–water partition coefficient (Wildman–Crippen LogP) is 1.38. The first-order chi connectivity index (χ1) is 7.11. The van der Waals surface area contributed by atoms with Gasteiger partial charge in [-0.05, 0) is 0 Å². The molecule has 0 aliphatic carbocycles. The molecule has 0 amide bonds. The molecule has 2 N–H and O–H groups in total. The fraction of sp³-hybridized carbons (Fsp3) is 1.00. The molecule has 0 aromatic rings. The summed E-state index contributed by atoms with van der Waals surface area (Å²) in [6.45, 7) is -0.489. The van der Waals surface area contributed by atoms with Crippen LogP contribution in [0, 0.1) is 0 Å². The zero-order valence-electron chi connectivity index (χ0n) is 7.84. The highest BCUT2D eigenvalue weighted by Gasteiger charge is 2.75. The molecule has 1 aliphatic rings. The highest BCUT2D eigenvalue weighted by molar-refractivity contribution is 5.00. The van der Waals surface area contributed by atoms with E-state index in [1.54, 1.807) is 0 Å². The van der Waals surface area contributed by atoms with Crippen LogP contribution in [0.2, 0.25) is 0 Å². The lowest BCUT2D eigenvalue weighted by atomic mass is 10.0. The number of alkyl halides is 7. The molecule has 1 heterocycles. The van der Waals surface area contributed by atoms with Crippen molar-refractivity contribution in [2.75, 3.05) is 19.6 Å². The summed E-state index contributed by atoms with van der Waals surface area (Å²) in [4.78, 5) is 0. The molecule has 0 spiro atoms. The van der Waals surface area contributed by atoms with Gasteiger partial charge in [-0.15, -0.1) is 0 Å². The Hall–Kier alpha value is -0.570. The first-order valence-corrected chi connectivity index (χ1v) is 4.37. The van der Waals surface area contributed by atoms with Crippen LogP contribution >= 0.6 is 0 Å². The van der Waals surface area contributed by atoms with Gasteiger partial charge in [0.15, 0.2) is 0 Å². The van der Waals surface area contributed by atoms with Crippen molar-refractivity contribution in [2.45, 2.75) is 24.1 Å². The number of rotatable bonds is 2. The van der Waals surface area contributed by atoms with Gasteiger partial charge < -0.3 is 10.6 Å². The monoisotopic (exact) mass is 254 g/mol. The Balaban J connectivity index is 2.90. The van der Waals surface area contributed by atoms with Crippen molar-refractivity contribution in [1.29, 1.82) is 0 Å². The topological polar surface area (TPSA) is 24.1 Å². The Morgan fingerprint density at radius 2 is 1.44 bits per heavy atom. The molecule has 0 bridgehead atoms. The van der Waals surface area contributed by atoms with Gasteiger partial charge >= 0.3 is 18.0 Å². The fourth-order valence-electron chi connectivity index (χ4n) is 1.32. The maximum Gasteiger partial charge on any atom is 0.459 e. The van der Waals surface area contributed by atoms with Crippen LogP contribution in [0.25, 0.3) is 0 Å². The number of halogens is 7. The van der Waals surface area contributed by atoms with Crippen LogP contribution in [0.5, 0.6) is 0 Å². The molecule has 96 valence electrons. The molecule has 1 fully saturated rings. The molecule has 0 unspecified atom stereocenters. The van der Waals surface area contributed by atoms with E-state index in [-0.39, 0.29) is 13.1 Å². The van der Waals surface area contributed by atoms with E-state index >= 15 is 0 Å². The van der Waals surface area contributed by atoms with E-state index in [0.29, 0.717) is 0 Å². The van der Waals surface area contributed by atoms with E-state index in [1.807, 2.05) is 5.32 Å². The lowest BCUT2D eigenvalue weighted by Crippen LogP contribution is -2.66. The first-order valence-electron chi connectivity index (χ1n) is 4.37. The van der Waals surface area contributed by atoms with Crippen molar-refractivity contribution in [1.82, 2.24) is 10.6 Å². The van der Waals surface area contributed by atoms with Gasteiger partial charge in [-0.3, -0.25) is 0 Å². The molecule has 2 nitrogen and oxygen atoms in total. The molecule has 1 saturated heterocycles. The second-order valence-electron chi connectivity index (χ2n) is 3.41. The van der Waals surface area contributed by atoms with Crippen LogP contribution in [0.15, 0.2) is 0 Å². The maximum absolute atomic E-state index is 13.0. The lowest BCUT2D eigenvalue weighted by molar-refractivity contribution is -0.360. The molecule has 9 heteroatoms. The summed E-state index contributed by atoms with van der Waals surface area (Å²) in [5.74, 6) is -11.2. The van der Waals surface area contributed by atoms with Crippen molar-refractivity contribution >= 4 is 0 Å². The maximum atomic E-state index is 13.0. The van der Waals surface area contributed by atoms with Gasteiger partial charge in [-0.2, -0.15) is 30.7 Å². The van der Waals surface area contributed by atoms with Crippen LogP contribution in [-0.2, 0) is 0 Å². The van der Waals surface area contributed by atoms with Gasteiger partial charge in [-0.25, -0.2) is 0 Å². The van der Waals surface area contributed by atoms with E-state index < -0.39 is 30.6 Å². The van der Waals surface area contributed by atoms with Crippen molar-refractivity contribution in [3.05, 3.63) is 0 Å². The summed E-state index contributed by atoms with van der Waals surface area (Å²) in [6, 6.07) is -2.24. The zero-order chi connectivity index (χ0) is 12.6. The molecule has 1 atom stereocenters. The van der Waals surface area contributed by atoms with Crippen LogP contribution in [-0.4, -0.2) is 43.7 Å². The Bertz CT molecular complexity index is 244. The minimum Gasteiger partial charge on any atom is -0.314 e. The summed E-state index contributed by atoms with van der Waals surface area (Å²) in [6.07, 6.45) is -6.27. The molecule has 1 aliphatic heterocycles. The second kappa shape index (κ2) is 4.02. The summed E-state index contributed by atoms with van der Waals surface area (Å²) in [5.41, 5.74) is 0. The SMILES string of the molecule is FC(F)(F)C(F)(F)C(F)(F)[C@H]1CNCCN1. The Labute approximate surface area is 86.2 Å². The third-order valence-electron chi connectivity index (χ3n) is 2.25. The fourth-order valence-corrected chi connectivity index (χ4v) is 1.32. The molecule has 0 saturated carbocycles. The number of hydrogen-bond donors (Lipinski definition) is 2. The van der Waals surface area contributed by atoms with Gasteiger partial charge in [-0.1, -0.05) is 0 Å². The molecule has 16 heavy (non-hydrogen) atoms. The molecule has 0 radical (unpaired) electrons. The second-order valence-corrected chi connectivity index (χ2v) is 3.41. The van der Waals surface area contributed by atoms with Crippen molar-refractivity contribution in [3.8, 4) is 0 Å². The predicted molar refractivity (Wildman–Crippen MR) is 40.6 cm³/mol. The van der Waals surface area contributed by atoms with E-state index in [1.165, 1.54) is 0 Å². The molecular weight excluding hydrogens is 245 g/mol. The third kappa shape index (κ3) is 2.10. The summed E-state index contributed by atoms with van der Waals surface area (Å²) in [7, 11) is 0. The third-order valence-corrected chi connectivity index (χ3v) is 2.25. The van der Waals surface area contributed by atoms with Crippen LogP contribution in [0.4, 0.5) is 30.7 Å². The lowest BCUT2D eigenvalue weighted by Gasteiger charge is -2.36. The number of nitrogens with one attached hydrogen (secondary N) is 2. The van der Waals surface area contributed by atoms with Crippen LogP contribution in [0.3, 0.4) is 0 Å². The van der Waals surface area contributed by atoms with Crippen LogP contribution in [0.1, 0.15) is 0 Å². The number of piperazine rings is 1. The van der Waals surface area contributed by atoms with E-state index in [0.717, 1.165) is 0 Å². The minimum absolute atomic E-state index is 0.0891. The van der Waals surface area contributed by atoms with Crippen molar-refractivity contribution < 1.29 is 30.7 Å². The van der Waals surface area contributed by atoms with E-state index in [4.69, 9.17) is 0 Å². The standard InChI is InChI=1S/C7H9F7N2/c8-5(9,4-3-15-1-2-16-4)6(10,11)7(12,13)14/h4,15-16H,1-3H2/t4-/m1/s1. The van der Waals surface area contributed by atoms with Crippen molar-refractivity contribution in [3.63, 3.8) is 0 Å². The first kappa shape index (κ1) is 13.5. The minimum atomic E-state index is -6.27. The van der Waals surface area contributed by atoms with E-state index in [9.17, 15) is 30.7 Å². The van der Waals surface area contributed by atoms with Gasteiger partial charge in [0.05, 0.1) is 6.04 Å². The molecule has 1 rings (SSSR count). The number of hydrogen-bond acceptors (Lipinski definition) is 2. The zero-order valence-corrected chi connectivity index (χ0v) is 7.84. The summed E-state index contributed by atoms with van der Waals surface area (Å²) < 4.78 is 86.5. The van der Waals surface area contributed by atoms with Gasteiger partial charge in [0, 0.05) is 19.6 Å². The largest absolute Gasteiger partial charge is 0.459 e. The quantitative estimate of drug-likeness (QED) is 0.727. The van der Waals surface area contributed by atoms with Crippen molar-refractivity contribution in [2.24, 2.45) is 0 Å². The van der Waals surface area contributed by atoms with Gasteiger partial charge in [0.1, 0.15) is 0 Å². The Morgan fingerprint density at radius 3 is 1.81 bits per heavy atom. The highest BCUT2D eigenvalue weighted by atomic mass is 19.4. The molecule has 0 aromatic heterocycles. The van der Waals surface area contributed by atoms with Gasteiger partial charge in [0.2, 0.25) is 0 Å². The van der Waals surface area contributed by atoms with Gasteiger partial charge in [0.25, 0.3) is 0 Å². The van der Waals surface area contributed by atoms with Crippen LogP contribution < -0.4 is 10.6 Å². The summed E-state index contributed by atoms with van der Waals surface area (Å²) >= 11 is 0. The summed E-state index contributed by atoms with van der Waals surface area (Å²) in [5, 5.41) is 4.27. The normalized spacial score (nSPS) is 24.6.